The number of hydrogen-bond acceptors (Lipinski definition) is 4. The molecular formula is C56H36N2OS. The first-order valence-electron chi connectivity index (χ1n) is 20.3. The highest BCUT2D eigenvalue weighted by Gasteiger charge is 2.28. The lowest BCUT2D eigenvalue weighted by atomic mass is 10.00. The van der Waals surface area contributed by atoms with Crippen LogP contribution in [0.15, 0.2) is 223 Å². The topological polar surface area (TPSA) is 19.6 Å². The van der Waals surface area contributed by atoms with Gasteiger partial charge in [-0.2, -0.15) is 0 Å². The van der Waals surface area contributed by atoms with Crippen LogP contribution in [-0.2, 0) is 0 Å². The Labute approximate surface area is 351 Å². The standard InChI is InChI=1S/C56H36N2OS/c1-3-19-43(20-4-1)57(45-23-13-18-39(33-45)42-27-26-37-14-7-8-15-38(37)32-42)51-30-29-48-49-34-40-16-9-10-17-41(40)35-52(49)59-56(48)55(51)58(44-21-5-2-6-22-44)46-28-31-54-50(36-46)47-24-11-12-25-53(47)60-54/h1-36H. The Morgan fingerprint density at radius 3 is 1.75 bits per heavy atom. The minimum absolute atomic E-state index is 0.823. The Bertz CT molecular complexity index is 3570. The molecule has 282 valence electrons. The number of hydrogen-bond donors (Lipinski definition) is 0. The zero-order valence-electron chi connectivity index (χ0n) is 32.5. The summed E-state index contributed by atoms with van der Waals surface area (Å²) in [6.07, 6.45) is 0. The van der Waals surface area contributed by atoms with Crippen LogP contribution in [0.1, 0.15) is 0 Å². The van der Waals surface area contributed by atoms with Gasteiger partial charge in [0, 0.05) is 53.7 Å². The van der Waals surface area contributed by atoms with Crippen molar-refractivity contribution in [2.45, 2.75) is 0 Å². The van der Waals surface area contributed by atoms with Gasteiger partial charge in [0.25, 0.3) is 0 Å². The van der Waals surface area contributed by atoms with Gasteiger partial charge in [0.05, 0.1) is 5.69 Å². The monoisotopic (exact) mass is 784 g/mol. The summed E-state index contributed by atoms with van der Waals surface area (Å²) in [7, 11) is 0. The number of anilines is 6. The quantitative estimate of drug-likeness (QED) is 0.160. The molecule has 12 aromatic rings. The summed E-state index contributed by atoms with van der Waals surface area (Å²) >= 11 is 1.84. The molecule has 0 N–H and O–H groups in total. The Balaban J connectivity index is 1.16. The summed E-state index contributed by atoms with van der Waals surface area (Å²) in [6, 6.07) is 78.7. The third kappa shape index (κ3) is 5.72. The molecule has 0 spiro atoms. The molecule has 60 heavy (non-hydrogen) atoms. The Morgan fingerprint density at radius 1 is 0.333 bits per heavy atom. The van der Waals surface area contributed by atoms with Gasteiger partial charge in [0.2, 0.25) is 0 Å². The number of para-hydroxylation sites is 2. The average Bonchev–Trinajstić information content (AvgIpc) is 3.87. The predicted molar refractivity (Wildman–Crippen MR) is 256 cm³/mol. The second-order valence-corrected chi connectivity index (χ2v) is 16.4. The van der Waals surface area contributed by atoms with E-state index < -0.39 is 0 Å². The highest BCUT2D eigenvalue weighted by atomic mass is 32.1. The van der Waals surface area contributed by atoms with E-state index in [0.29, 0.717) is 0 Å². The molecule has 12 rings (SSSR count). The van der Waals surface area contributed by atoms with E-state index >= 15 is 0 Å². The van der Waals surface area contributed by atoms with Crippen molar-refractivity contribution < 1.29 is 4.42 Å². The lowest BCUT2D eigenvalue weighted by molar-refractivity contribution is 0.669. The molecule has 2 heterocycles. The second-order valence-electron chi connectivity index (χ2n) is 15.3. The third-order valence-electron chi connectivity index (χ3n) is 11.8. The van der Waals surface area contributed by atoms with Crippen LogP contribution in [0, 0.1) is 0 Å². The van der Waals surface area contributed by atoms with Gasteiger partial charge in [-0.25, -0.2) is 0 Å². The van der Waals surface area contributed by atoms with Crippen molar-refractivity contribution in [1.82, 2.24) is 0 Å². The Kier molecular flexibility index (Phi) is 8.03. The Hall–Kier alpha value is -7.66. The molecule has 0 unspecified atom stereocenters. The summed E-state index contributed by atoms with van der Waals surface area (Å²) < 4.78 is 9.73. The maximum atomic E-state index is 7.19. The van der Waals surface area contributed by atoms with Crippen LogP contribution in [0.4, 0.5) is 34.1 Å². The summed E-state index contributed by atoms with van der Waals surface area (Å²) in [5, 5.41) is 9.44. The highest BCUT2D eigenvalue weighted by Crippen LogP contribution is 2.52. The molecule has 0 aliphatic rings. The van der Waals surface area contributed by atoms with Gasteiger partial charge in [-0.05, 0) is 124 Å². The van der Waals surface area contributed by atoms with Crippen LogP contribution in [0.3, 0.4) is 0 Å². The average molecular weight is 785 g/mol. The molecule has 0 atom stereocenters. The molecule has 0 amide bonds. The largest absolute Gasteiger partial charge is 0.454 e. The molecule has 2 aromatic heterocycles. The van der Waals surface area contributed by atoms with Crippen molar-refractivity contribution in [2.75, 3.05) is 9.80 Å². The molecule has 4 heteroatoms. The molecule has 0 aliphatic carbocycles. The maximum Gasteiger partial charge on any atom is 0.161 e. The Morgan fingerprint density at radius 2 is 0.950 bits per heavy atom. The fourth-order valence-electron chi connectivity index (χ4n) is 8.93. The molecule has 0 saturated heterocycles. The van der Waals surface area contributed by atoms with E-state index in [2.05, 4.69) is 228 Å². The van der Waals surface area contributed by atoms with Crippen molar-refractivity contribution in [3.05, 3.63) is 218 Å². The van der Waals surface area contributed by atoms with E-state index in [1.54, 1.807) is 0 Å². The van der Waals surface area contributed by atoms with E-state index in [1.165, 1.54) is 41.9 Å². The van der Waals surface area contributed by atoms with E-state index in [9.17, 15) is 0 Å². The lowest BCUT2D eigenvalue weighted by Gasteiger charge is -2.33. The predicted octanol–water partition coefficient (Wildman–Crippen LogP) is 16.9. The van der Waals surface area contributed by atoms with Gasteiger partial charge in [-0.3, -0.25) is 0 Å². The molecule has 10 aromatic carbocycles. The van der Waals surface area contributed by atoms with Crippen molar-refractivity contribution in [3.63, 3.8) is 0 Å². The minimum atomic E-state index is 0.823. The van der Waals surface area contributed by atoms with Gasteiger partial charge in [0.1, 0.15) is 11.3 Å². The van der Waals surface area contributed by atoms with Gasteiger partial charge in [-0.15, -0.1) is 11.3 Å². The second kappa shape index (κ2) is 14.0. The minimum Gasteiger partial charge on any atom is -0.454 e. The summed E-state index contributed by atoms with van der Waals surface area (Å²) in [6.45, 7) is 0. The van der Waals surface area contributed by atoms with Crippen LogP contribution in [-0.4, -0.2) is 0 Å². The van der Waals surface area contributed by atoms with Crippen molar-refractivity contribution in [3.8, 4) is 11.1 Å². The lowest BCUT2D eigenvalue weighted by Crippen LogP contribution is -2.17. The summed E-state index contributed by atoms with van der Waals surface area (Å²) in [5.41, 5.74) is 10.1. The number of fused-ring (bicyclic) bond motifs is 8. The van der Waals surface area contributed by atoms with Crippen LogP contribution in [0.5, 0.6) is 0 Å². The smallest absolute Gasteiger partial charge is 0.161 e. The first-order chi connectivity index (χ1) is 29.7. The highest BCUT2D eigenvalue weighted by molar-refractivity contribution is 7.25. The van der Waals surface area contributed by atoms with Gasteiger partial charge >= 0.3 is 0 Å². The molecule has 3 nitrogen and oxygen atoms in total. The summed E-state index contributed by atoms with van der Waals surface area (Å²) in [5.74, 6) is 0. The van der Waals surface area contributed by atoms with Crippen LogP contribution in [0.25, 0.3) is 74.8 Å². The number of benzene rings is 10. The normalized spacial score (nSPS) is 11.7. The summed E-state index contributed by atoms with van der Waals surface area (Å²) in [4.78, 5) is 4.78. The molecular weight excluding hydrogens is 749 g/mol. The third-order valence-corrected chi connectivity index (χ3v) is 12.9. The van der Waals surface area contributed by atoms with Crippen LogP contribution >= 0.6 is 11.3 Å². The number of rotatable bonds is 7. The van der Waals surface area contributed by atoms with Gasteiger partial charge in [0.15, 0.2) is 5.58 Å². The van der Waals surface area contributed by atoms with Crippen molar-refractivity contribution in [2.24, 2.45) is 0 Å². The van der Waals surface area contributed by atoms with Gasteiger partial charge in [-0.1, -0.05) is 127 Å². The zero-order valence-corrected chi connectivity index (χ0v) is 33.3. The fourth-order valence-corrected chi connectivity index (χ4v) is 10.0. The van der Waals surface area contributed by atoms with E-state index in [1.807, 2.05) is 11.3 Å². The van der Waals surface area contributed by atoms with Crippen LogP contribution in [0.2, 0.25) is 0 Å². The molecule has 0 fully saturated rings. The number of thiophene rings is 1. The van der Waals surface area contributed by atoms with E-state index in [-0.39, 0.29) is 0 Å². The van der Waals surface area contributed by atoms with Gasteiger partial charge < -0.3 is 14.2 Å². The number of nitrogens with zero attached hydrogens (tertiary/aromatic N) is 2. The molecule has 0 aliphatic heterocycles. The van der Waals surface area contributed by atoms with Crippen molar-refractivity contribution >= 4 is 109 Å². The van der Waals surface area contributed by atoms with E-state index in [0.717, 1.165) is 67.0 Å². The SMILES string of the molecule is c1ccc(N(c2cccc(-c3ccc4ccccc4c3)c2)c2ccc3c(oc4cc5ccccc5cc43)c2N(c2ccccc2)c2ccc3sc4ccccc4c3c2)cc1. The van der Waals surface area contributed by atoms with Crippen LogP contribution < -0.4 is 9.80 Å². The maximum absolute atomic E-state index is 7.19. The molecule has 0 radical (unpaired) electrons. The molecule has 0 bridgehead atoms. The first-order valence-corrected chi connectivity index (χ1v) is 21.1. The number of furan rings is 1. The molecule has 0 saturated carbocycles. The van der Waals surface area contributed by atoms with E-state index in [4.69, 9.17) is 4.42 Å². The van der Waals surface area contributed by atoms with Crippen molar-refractivity contribution in [1.29, 1.82) is 0 Å². The zero-order chi connectivity index (χ0) is 39.6. The fraction of sp³-hybridized carbons (Fsp3) is 0. The first kappa shape index (κ1) is 34.4.